The van der Waals surface area contributed by atoms with Crippen LogP contribution in [0.3, 0.4) is 0 Å². The number of anilines is 2. The highest BCUT2D eigenvalue weighted by Crippen LogP contribution is 2.26. The molecule has 1 aliphatic rings. The molecule has 1 aromatic carbocycles. The van der Waals surface area contributed by atoms with Crippen molar-refractivity contribution in [2.75, 3.05) is 29.6 Å². The van der Waals surface area contributed by atoms with E-state index in [1.54, 1.807) is 16.7 Å². The van der Waals surface area contributed by atoms with E-state index in [2.05, 4.69) is 0 Å². The summed E-state index contributed by atoms with van der Waals surface area (Å²) in [4.78, 5) is 15.7. The summed E-state index contributed by atoms with van der Waals surface area (Å²) < 4.78 is 0.662. The topological polar surface area (TPSA) is 23.6 Å². The number of carbonyl (C=O) groups is 1. The Hall–Kier alpha value is -1.07. The molecule has 5 heteroatoms. The molecule has 1 aliphatic heterocycles. The molecule has 0 N–H and O–H groups in total. The highest BCUT2D eigenvalue weighted by atomic mass is 32.2. The van der Waals surface area contributed by atoms with E-state index in [0.29, 0.717) is 10.7 Å². The minimum atomic E-state index is 0.0996. The van der Waals surface area contributed by atoms with Gasteiger partial charge < -0.3 is 4.90 Å². The third-order valence-electron chi connectivity index (χ3n) is 2.82. The standard InChI is InChI=1S/C13H16N2OS2/c1-14(2)10-5-7-11(8-6-10)15-12(16)4-3-9-18-13(15)17/h5-8H,3-4,9H2,1-2H3. The number of carbonyl (C=O) groups excluding carboxylic acids is 1. The number of thiocarbonyl (C=S) groups is 1. The van der Waals surface area contributed by atoms with Crippen LogP contribution in [0.25, 0.3) is 0 Å². The van der Waals surface area contributed by atoms with Crippen LogP contribution in [0.15, 0.2) is 24.3 Å². The quantitative estimate of drug-likeness (QED) is 0.777. The van der Waals surface area contributed by atoms with Gasteiger partial charge in [-0.3, -0.25) is 9.69 Å². The molecule has 0 aromatic heterocycles. The van der Waals surface area contributed by atoms with Crippen molar-refractivity contribution < 1.29 is 4.79 Å². The minimum Gasteiger partial charge on any atom is -0.378 e. The Balaban J connectivity index is 2.28. The molecule has 18 heavy (non-hydrogen) atoms. The number of benzene rings is 1. The van der Waals surface area contributed by atoms with Crippen LogP contribution < -0.4 is 9.80 Å². The number of amides is 1. The van der Waals surface area contributed by atoms with Gasteiger partial charge in [-0.15, -0.1) is 0 Å². The lowest BCUT2D eigenvalue weighted by molar-refractivity contribution is -0.117. The van der Waals surface area contributed by atoms with Crippen LogP contribution in [-0.4, -0.2) is 30.1 Å². The van der Waals surface area contributed by atoms with E-state index in [9.17, 15) is 4.79 Å². The highest BCUT2D eigenvalue weighted by Gasteiger charge is 2.23. The van der Waals surface area contributed by atoms with Gasteiger partial charge in [-0.25, -0.2) is 0 Å². The molecular weight excluding hydrogens is 264 g/mol. The average Bonchev–Trinajstić information content (AvgIpc) is 2.51. The first kappa shape index (κ1) is 13.4. The minimum absolute atomic E-state index is 0.0996. The first-order chi connectivity index (χ1) is 8.59. The number of hydrogen-bond donors (Lipinski definition) is 0. The fraction of sp³-hybridized carbons (Fsp3) is 0.385. The van der Waals surface area contributed by atoms with Gasteiger partial charge in [0.2, 0.25) is 5.91 Å². The second-order valence-electron chi connectivity index (χ2n) is 4.36. The van der Waals surface area contributed by atoms with Crippen LogP contribution in [0, 0.1) is 0 Å². The van der Waals surface area contributed by atoms with Gasteiger partial charge in [0.05, 0.1) is 5.69 Å². The van der Waals surface area contributed by atoms with E-state index in [4.69, 9.17) is 12.2 Å². The summed E-state index contributed by atoms with van der Waals surface area (Å²) in [5.41, 5.74) is 1.98. The van der Waals surface area contributed by atoms with E-state index in [-0.39, 0.29) is 5.91 Å². The maximum absolute atomic E-state index is 12.1. The molecule has 1 amide bonds. The first-order valence-corrected chi connectivity index (χ1v) is 7.26. The van der Waals surface area contributed by atoms with Gasteiger partial charge in [-0.05, 0) is 30.7 Å². The lowest BCUT2D eigenvalue weighted by Gasteiger charge is -2.21. The monoisotopic (exact) mass is 280 g/mol. The number of hydrogen-bond acceptors (Lipinski definition) is 4. The van der Waals surface area contributed by atoms with Crippen molar-refractivity contribution in [3.05, 3.63) is 24.3 Å². The van der Waals surface area contributed by atoms with Gasteiger partial charge in [0.25, 0.3) is 0 Å². The second kappa shape index (κ2) is 5.71. The zero-order valence-corrected chi connectivity index (χ0v) is 12.2. The van der Waals surface area contributed by atoms with Crippen molar-refractivity contribution in [3.8, 4) is 0 Å². The molecule has 3 nitrogen and oxygen atoms in total. The molecule has 1 heterocycles. The zero-order valence-electron chi connectivity index (χ0n) is 10.5. The predicted molar refractivity (Wildman–Crippen MR) is 82.5 cm³/mol. The Kier molecular flexibility index (Phi) is 4.24. The average molecular weight is 280 g/mol. The Bertz CT molecular complexity index is 439. The van der Waals surface area contributed by atoms with E-state index >= 15 is 0 Å². The molecule has 0 unspecified atom stereocenters. The molecule has 96 valence electrons. The van der Waals surface area contributed by atoms with Crippen molar-refractivity contribution in [2.24, 2.45) is 0 Å². The van der Waals surface area contributed by atoms with E-state index < -0.39 is 0 Å². The maximum Gasteiger partial charge on any atom is 0.232 e. The molecular formula is C13H16N2OS2. The summed E-state index contributed by atoms with van der Waals surface area (Å²) in [5, 5.41) is 0. The van der Waals surface area contributed by atoms with E-state index in [1.165, 1.54) is 0 Å². The van der Waals surface area contributed by atoms with Crippen molar-refractivity contribution in [1.82, 2.24) is 0 Å². The van der Waals surface area contributed by atoms with Crippen LogP contribution in [0.4, 0.5) is 11.4 Å². The molecule has 0 atom stereocenters. The van der Waals surface area contributed by atoms with Crippen molar-refractivity contribution in [3.63, 3.8) is 0 Å². The largest absolute Gasteiger partial charge is 0.378 e. The molecule has 1 fully saturated rings. The van der Waals surface area contributed by atoms with Crippen LogP contribution >= 0.6 is 24.0 Å². The molecule has 0 bridgehead atoms. The summed E-state index contributed by atoms with van der Waals surface area (Å²) in [5.74, 6) is 1.03. The van der Waals surface area contributed by atoms with Gasteiger partial charge in [-0.1, -0.05) is 24.0 Å². The number of nitrogens with zero attached hydrogens (tertiary/aromatic N) is 2. The number of thioether (sulfide) groups is 1. The van der Waals surface area contributed by atoms with E-state index in [0.717, 1.165) is 23.5 Å². The molecule has 0 saturated carbocycles. The third kappa shape index (κ3) is 2.84. The summed E-state index contributed by atoms with van der Waals surface area (Å²) in [6.45, 7) is 0. The Labute approximate surface area is 117 Å². The van der Waals surface area contributed by atoms with Crippen molar-refractivity contribution in [1.29, 1.82) is 0 Å². The molecule has 0 aliphatic carbocycles. The van der Waals surface area contributed by atoms with Crippen molar-refractivity contribution in [2.45, 2.75) is 12.8 Å². The van der Waals surface area contributed by atoms with Gasteiger partial charge in [0, 0.05) is 32.0 Å². The van der Waals surface area contributed by atoms with Gasteiger partial charge in [0.1, 0.15) is 4.32 Å². The van der Waals surface area contributed by atoms with Gasteiger partial charge >= 0.3 is 0 Å². The van der Waals surface area contributed by atoms with Crippen LogP contribution in [0.1, 0.15) is 12.8 Å². The normalized spacial score (nSPS) is 16.7. The summed E-state index contributed by atoms with van der Waals surface area (Å²) in [6.07, 6.45) is 1.47. The Morgan fingerprint density at radius 3 is 2.56 bits per heavy atom. The SMILES string of the molecule is CN(C)c1ccc(N2C(=O)CCCSC2=S)cc1. The maximum atomic E-state index is 12.1. The van der Waals surface area contributed by atoms with Crippen molar-refractivity contribution >= 4 is 45.6 Å². The molecule has 0 spiro atoms. The van der Waals surface area contributed by atoms with Crippen LogP contribution in [0.2, 0.25) is 0 Å². The smallest absolute Gasteiger partial charge is 0.232 e. The molecule has 0 radical (unpaired) electrons. The first-order valence-electron chi connectivity index (χ1n) is 5.86. The zero-order chi connectivity index (χ0) is 13.1. The fourth-order valence-corrected chi connectivity index (χ4v) is 3.07. The Morgan fingerprint density at radius 2 is 1.94 bits per heavy atom. The van der Waals surface area contributed by atoms with E-state index in [1.807, 2.05) is 43.3 Å². The molecule has 2 rings (SSSR count). The third-order valence-corrected chi connectivity index (χ3v) is 4.28. The highest BCUT2D eigenvalue weighted by molar-refractivity contribution is 8.23. The lowest BCUT2D eigenvalue weighted by Crippen LogP contribution is -2.32. The number of rotatable bonds is 2. The van der Waals surface area contributed by atoms with Gasteiger partial charge in [-0.2, -0.15) is 0 Å². The Morgan fingerprint density at radius 1 is 1.28 bits per heavy atom. The lowest BCUT2D eigenvalue weighted by atomic mass is 10.2. The van der Waals surface area contributed by atoms with Crippen LogP contribution in [0.5, 0.6) is 0 Å². The summed E-state index contributed by atoms with van der Waals surface area (Å²) in [7, 11) is 3.99. The molecule has 1 saturated heterocycles. The van der Waals surface area contributed by atoms with Crippen LogP contribution in [-0.2, 0) is 4.79 Å². The molecule has 1 aromatic rings. The fourth-order valence-electron chi connectivity index (χ4n) is 1.81. The summed E-state index contributed by atoms with van der Waals surface area (Å²) in [6, 6.07) is 7.90. The van der Waals surface area contributed by atoms with Gasteiger partial charge in [0.15, 0.2) is 0 Å². The predicted octanol–water partition coefficient (Wildman–Crippen LogP) is 2.90. The second-order valence-corrected chi connectivity index (χ2v) is 6.09. The summed E-state index contributed by atoms with van der Waals surface area (Å²) >= 11 is 6.90.